The van der Waals surface area contributed by atoms with Crippen LogP contribution in [0.5, 0.6) is 0 Å². The van der Waals surface area contributed by atoms with E-state index in [1.165, 1.54) is 5.56 Å². The highest BCUT2D eigenvalue weighted by Gasteiger charge is 2.26. The Morgan fingerprint density at radius 2 is 2.11 bits per heavy atom. The summed E-state index contributed by atoms with van der Waals surface area (Å²) in [4.78, 5) is 24.5. The van der Waals surface area contributed by atoms with E-state index in [1.54, 1.807) is 0 Å². The van der Waals surface area contributed by atoms with Crippen molar-refractivity contribution in [3.8, 4) is 0 Å². The Kier molecular flexibility index (Phi) is 4.16. The van der Waals surface area contributed by atoms with Crippen molar-refractivity contribution in [3.05, 3.63) is 35.4 Å². The minimum Gasteiger partial charge on any atom is -0.481 e. The maximum atomic E-state index is 11.6. The van der Waals surface area contributed by atoms with Gasteiger partial charge in [-0.05, 0) is 12.5 Å². The zero-order valence-electron chi connectivity index (χ0n) is 10.9. The van der Waals surface area contributed by atoms with E-state index in [-0.39, 0.29) is 19.0 Å². The third-order valence-corrected chi connectivity index (χ3v) is 3.27. The molecule has 1 atom stereocenters. The summed E-state index contributed by atoms with van der Waals surface area (Å²) in [6.07, 6.45) is 0. The van der Waals surface area contributed by atoms with Crippen molar-refractivity contribution in [1.82, 2.24) is 10.2 Å². The maximum Gasteiger partial charge on any atom is 0.309 e. The number of nitrogens with zero attached hydrogens (tertiary/aromatic N) is 1. The Balaban J connectivity index is 2.06. The number of benzene rings is 1. The number of hydrogen-bond acceptors (Lipinski definition) is 3. The fourth-order valence-corrected chi connectivity index (χ4v) is 2.17. The Hall–Kier alpha value is -1.88. The molecule has 0 aromatic heterocycles. The van der Waals surface area contributed by atoms with Crippen LogP contribution < -0.4 is 5.32 Å². The molecular weight excluding hydrogens is 244 g/mol. The molecule has 2 N–H and O–H groups in total. The van der Waals surface area contributed by atoms with Crippen LogP contribution in [0.15, 0.2) is 24.3 Å². The molecule has 0 radical (unpaired) electrons. The Bertz CT molecular complexity index is 470. The van der Waals surface area contributed by atoms with E-state index in [4.69, 9.17) is 5.11 Å². The lowest BCUT2D eigenvalue weighted by Gasteiger charge is -2.21. The zero-order chi connectivity index (χ0) is 13.8. The molecule has 0 spiro atoms. The van der Waals surface area contributed by atoms with Gasteiger partial charge in [0.1, 0.15) is 0 Å². The predicted molar refractivity (Wildman–Crippen MR) is 70.6 cm³/mol. The van der Waals surface area contributed by atoms with Gasteiger partial charge in [0.15, 0.2) is 0 Å². The summed E-state index contributed by atoms with van der Waals surface area (Å²) in [6, 6.07) is 8.05. The molecular formula is C14H18N2O3. The van der Waals surface area contributed by atoms with Crippen LogP contribution in [0.3, 0.4) is 0 Å². The van der Waals surface area contributed by atoms with Gasteiger partial charge in [0.25, 0.3) is 0 Å². The van der Waals surface area contributed by atoms with E-state index in [0.29, 0.717) is 13.1 Å². The lowest BCUT2D eigenvalue weighted by atomic mass is 10.1. The smallest absolute Gasteiger partial charge is 0.309 e. The van der Waals surface area contributed by atoms with E-state index >= 15 is 0 Å². The van der Waals surface area contributed by atoms with Gasteiger partial charge in [-0.15, -0.1) is 0 Å². The van der Waals surface area contributed by atoms with Gasteiger partial charge in [-0.1, -0.05) is 29.8 Å². The van der Waals surface area contributed by atoms with Gasteiger partial charge in [-0.2, -0.15) is 0 Å². The van der Waals surface area contributed by atoms with Crippen molar-refractivity contribution in [2.45, 2.75) is 13.5 Å². The Morgan fingerprint density at radius 1 is 1.42 bits per heavy atom. The number of carbonyl (C=O) groups excluding carboxylic acids is 1. The number of aliphatic carboxylic acids is 1. The third kappa shape index (κ3) is 3.79. The highest BCUT2D eigenvalue weighted by atomic mass is 16.4. The third-order valence-electron chi connectivity index (χ3n) is 3.27. The van der Waals surface area contributed by atoms with Gasteiger partial charge in [0.2, 0.25) is 5.91 Å². The monoisotopic (exact) mass is 262 g/mol. The number of nitrogens with one attached hydrogen (secondary N) is 1. The summed E-state index contributed by atoms with van der Waals surface area (Å²) in [6.45, 7) is 3.46. The second kappa shape index (κ2) is 5.84. The van der Waals surface area contributed by atoms with Gasteiger partial charge in [-0.3, -0.25) is 14.5 Å². The number of carboxylic acid groups (broad SMARTS) is 1. The standard InChI is InChI=1S/C14H18N2O3/c1-10-2-4-11(5-3-10)7-16-8-12(14(18)19)6-15-13(17)9-16/h2-5,12H,6-9H2,1H3,(H,15,17)(H,18,19). The second-order valence-electron chi connectivity index (χ2n) is 4.99. The minimum absolute atomic E-state index is 0.115. The zero-order valence-corrected chi connectivity index (χ0v) is 10.9. The summed E-state index contributed by atoms with van der Waals surface area (Å²) in [5.41, 5.74) is 2.27. The van der Waals surface area contributed by atoms with E-state index in [0.717, 1.165) is 5.56 Å². The fourth-order valence-electron chi connectivity index (χ4n) is 2.17. The molecule has 1 aromatic rings. The Morgan fingerprint density at radius 3 is 2.74 bits per heavy atom. The van der Waals surface area contributed by atoms with Gasteiger partial charge in [0.05, 0.1) is 12.5 Å². The molecule has 5 heteroatoms. The average Bonchev–Trinajstić information content (AvgIpc) is 2.54. The molecule has 1 aliphatic rings. The van der Waals surface area contributed by atoms with E-state index in [9.17, 15) is 9.59 Å². The van der Waals surface area contributed by atoms with Gasteiger partial charge >= 0.3 is 5.97 Å². The number of hydrogen-bond donors (Lipinski definition) is 2. The molecule has 0 aliphatic carbocycles. The summed E-state index contributed by atoms with van der Waals surface area (Å²) in [5.74, 6) is -1.52. The van der Waals surface area contributed by atoms with Crippen molar-refractivity contribution >= 4 is 11.9 Å². The van der Waals surface area contributed by atoms with Crippen LogP contribution in [0.1, 0.15) is 11.1 Å². The first kappa shape index (κ1) is 13.5. The predicted octanol–water partition coefficient (Wildman–Crippen LogP) is 0.628. The van der Waals surface area contributed by atoms with Crippen molar-refractivity contribution in [2.24, 2.45) is 5.92 Å². The van der Waals surface area contributed by atoms with Crippen LogP contribution in [0.25, 0.3) is 0 Å². The molecule has 1 unspecified atom stereocenters. The molecule has 1 amide bonds. The molecule has 5 nitrogen and oxygen atoms in total. The van der Waals surface area contributed by atoms with Crippen LogP contribution in [0.2, 0.25) is 0 Å². The second-order valence-corrected chi connectivity index (χ2v) is 4.99. The molecule has 1 fully saturated rings. The average molecular weight is 262 g/mol. The van der Waals surface area contributed by atoms with Gasteiger partial charge < -0.3 is 10.4 Å². The van der Waals surface area contributed by atoms with Crippen LogP contribution in [0, 0.1) is 12.8 Å². The highest BCUT2D eigenvalue weighted by Crippen LogP contribution is 2.11. The summed E-state index contributed by atoms with van der Waals surface area (Å²) in [5, 5.41) is 11.7. The number of carboxylic acids is 1. The highest BCUT2D eigenvalue weighted by molar-refractivity contribution is 5.80. The van der Waals surface area contributed by atoms with Gasteiger partial charge in [-0.25, -0.2) is 0 Å². The first-order valence-corrected chi connectivity index (χ1v) is 6.32. The summed E-state index contributed by atoms with van der Waals surface area (Å²) in [7, 11) is 0. The molecule has 19 heavy (non-hydrogen) atoms. The molecule has 0 saturated carbocycles. The van der Waals surface area contributed by atoms with Crippen molar-refractivity contribution in [2.75, 3.05) is 19.6 Å². The maximum absolute atomic E-state index is 11.6. The quantitative estimate of drug-likeness (QED) is 0.838. The van der Waals surface area contributed by atoms with Crippen LogP contribution in [0.4, 0.5) is 0 Å². The number of carbonyl (C=O) groups is 2. The minimum atomic E-state index is -0.865. The van der Waals surface area contributed by atoms with Crippen molar-refractivity contribution < 1.29 is 14.7 Å². The molecule has 1 aliphatic heterocycles. The largest absolute Gasteiger partial charge is 0.481 e. The molecule has 1 aromatic carbocycles. The SMILES string of the molecule is Cc1ccc(CN2CC(=O)NCC(C(=O)O)C2)cc1. The van der Waals surface area contributed by atoms with Gasteiger partial charge in [0, 0.05) is 19.6 Å². The molecule has 1 saturated heterocycles. The topological polar surface area (TPSA) is 69.6 Å². The lowest BCUT2D eigenvalue weighted by molar-refractivity contribution is -0.142. The first-order chi connectivity index (χ1) is 9.04. The summed E-state index contributed by atoms with van der Waals surface area (Å²) >= 11 is 0. The molecule has 1 heterocycles. The number of rotatable bonds is 3. The van der Waals surface area contributed by atoms with E-state index in [1.807, 2.05) is 36.1 Å². The Labute approximate surface area is 112 Å². The summed E-state index contributed by atoms with van der Waals surface area (Å²) < 4.78 is 0. The van der Waals surface area contributed by atoms with Crippen LogP contribution >= 0.6 is 0 Å². The van der Waals surface area contributed by atoms with E-state index < -0.39 is 11.9 Å². The normalized spacial score (nSPS) is 20.7. The number of amides is 1. The number of aryl methyl sites for hydroxylation is 1. The fraction of sp³-hybridized carbons (Fsp3) is 0.429. The van der Waals surface area contributed by atoms with Crippen LogP contribution in [-0.2, 0) is 16.1 Å². The molecule has 102 valence electrons. The molecule has 2 rings (SSSR count). The van der Waals surface area contributed by atoms with Crippen molar-refractivity contribution in [3.63, 3.8) is 0 Å². The van der Waals surface area contributed by atoms with Crippen molar-refractivity contribution in [1.29, 1.82) is 0 Å². The first-order valence-electron chi connectivity index (χ1n) is 6.32. The molecule has 0 bridgehead atoms. The van der Waals surface area contributed by atoms with E-state index in [2.05, 4.69) is 5.32 Å². The lowest BCUT2D eigenvalue weighted by Crippen LogP contribution is -2.33. The van der Waals surface area contributed by atoms with Crippen LogP contribution in [-0.4, -0.2) is 41.5 Å².